The maximum atomic E-state index is 12.1. The first-order valence-electron chi connectivity index (χ1n) is 8.04. The summed E-state index contributed by atoms with van der Waals surface area (Å²) in [4.78, 5) is -3.88. The summed E-state index contributed by atoms with van der Waals surface area (Å²) in [5, 5.41) is 0.896. The van der Waals surface area contributed by atoms with Gasteiger partial charge in [0.25, 0.3) is 40.5 Å². The molecular weight excluding hydrogens is 546 g/mol. The van der Waals surface area contributed by atoms with Gasteiger partial charge in [0.1, 0.15) is 24.6 Å². The van der Waals surface area contributed by atoms with Crippen molar-refractivity contribution in [1.82, 2.24) is 4.98 Å². The zero-order valence-corrected chi connectivity index (χ0v) is 19.7. The Labute approximate surface area is 191 Å². The van der Waals surface area contributed by atoms with Crippen LogP contribution >= 0.6 is 11.3 Å². The number of rotatable bonds is 6. The van der Waals surface area contributed by atoms with Crippen molar-refractivity contribution in [3.8, 4) is 21.8 Å². The Morgan fingerprint density at radius 1 is 0.667 bits per heavy atom. The molecule has 0 bridgehead atoms. The Morgan fingerprint density at radius 2 is 1.18 bits per heavy atom. The van der Waals surface area contributed by atoms with Crippen molar-refractivity contribution in [3.05, 3.63) is 41.8 Å². The molecule has 0 fully saturated rings. The van der Waals surface area contributed by atoms with Crippen molar-refractivity contribution in [1.29, 1.82) is 0 Å². The second-order valence-corrected chi connectivity index (χ2v) is 12.5. The van der Waals surface area contributed by atoms with Crippen molar-refractivity contribution in [2.24, 2.45) is 0 Å². The van der Waals surface area contributed by atoms with Crippen LogP contribution in [0.4, 0.5) is 0 Å². The summed E-state index contributed by atoms with van der Waals surface area (Å²) in [7, 11) is -23.3. The molecule has 1 heterocycles. The van der Waals surface area contributed by atoms with Gasteiger partial charge in [-0.3, -0.25) is 18.2 Å². The van der Waals surface area contributed by atoms with Gasteiger partial charge in [-0.15, -0.1) is 11.3 Å². The van der Waals surface area contributed by atoms with E-state index < -0.39 is 70.6 Å². The summed E-state index contributed by atoms with van der Waals surface area (Å²) in [6, 6.07) is 8.31. The van der Waals surface area contributed by atoms with E-state index in [4.69, 9.17) is 0 Å². The van der Waals surface area contributed by atoms with Gasteiger partial charge in [-0.05, 0) is 6.07 Å². The minimum absolute atomic E-state index is 0.184. The molecule has 0 spiro atoms. The monoisotopic (exact) mass is 557 g/mol. The fourth-order valence-corrected chi connectivity index (χ4v) is 8.47. The molecule has 18 heteroatoms. The first-order valence-corrected chi connectivity index (χ1v) is 14.7. The maximum Gasteiger partial charge on any atom is 0.297 e. The highest BCUT2D eigenvalue weighted by Crippen LogP contribution is 2.42. The highest BCUT2D eigenvalue weighted by atomic mass is 32.2. The molecule has 1 aromatic heterocycles. The van der Waals surface area contributed by atoms with E-state index in [1.807, 2.05) is 0 Å². The lowest BCUT2D eigenvalue weighted by molar-refractivity contribution is 0.447. The molecule has 33 heavy (non-hydrogen) atoms. The van der Waals surface area contributed by atoms with Crippen LogP contribution < -0.4 is 0 Å². The summed E-state index contributed by atoms with van der Waals surface area (Å²) in [6.45, 7) is 0. The average Bonchev–Trinajstić information content (AvgIpc) is 3.14. The fourth-order valence-electron chi connectivity index (χ4n) is 2.82. The van der Waals surface area contributed by atoms with Gasteiger partial charge in [-0.1, -0.05) is 30.3 Å². The molecule has 3 rings (SSSR count). The molecule has 0 saturated heterocycles. The molecule has 4 N–H and O–H groups in total. The van der Waals surface area contributed by atoms with Crippen molar-refractivity contribution >= 4 is 51.8 Å². The van der Waals surface area contributed by atoms with E-state index in [9.17, 15) is 51.9 Å². The second-order valence-electron chi connectivity index (χ2n) is 6.21. The quantitative estimate of drug-likeness (QED) is 0.315. The Kier molecular flexibility index (Phi) is 6.28. The van der Waals surface area contributed by atoms with Crippen LogP contribution in [-0.2, 0) is 40.5 Å². The van der Waals surface area contributed by atoms with Gasteiger partial charge in [0.15, 0.2) is 0 Å². The molecule has 0 aliphatic rings. The summed E-state index contributed by atoms with van der Waals surface area (Å²) in [5.41, 5.74) is -0.303. The van der Waals surface area contributed by atoms with Gasteiger partial charge in [0.05, 0.1) is 5.69 Å². The van der Waals surface area contributed by atoms with Crippen LogP contribution in [0.25, 0.3) is 21.8 Å². The Bertz CT molecular complexity index is 1690. The zero-order valence-electron chi connectivity index (χ0n) is 15.6. The lowest BCUT2D eigenvalue weighted by Crippen LogP contribution is -2.19. The van der Waals surface area contributed by atoms with Gasteiger partial charge in [0, 0.05) is 16.5 Å². The van der Waals surface area contributed by atoms with Crippen LogP contribution in [0.15, 0.2) is 61.4 Å². The van der Waals surface area contributed by atoms with Crippen molar-refractivity contribution in [2.45, 2.75) is 19.6 Å². The molecule has 178 valence electrons. The molecule has 0 amide bonds. The molecule has 0 radical (unpaired) electrons. The lowest BCUT2D eigenvalue weighted by atomic mass is 10.2. The van der Waals surface area contributed by atoms with E-state index in [1.165, 1.54) is 5.38 Å². The molecule has 2 aromatic carbocycles. The minimum Gasteiger partial charge on any atom is -0.282 e. The normalized spacial score (nSPS) is 13.2. The van der Waals surface area contributed by atoms with Crippen molar-refractivity contribution < 1.29 is 51.9 Å². The van der Waals surface area contributed by atoms with Gasteiger partial charge in [0.2, 0.25) is 0 Å². The number of aromatic nitrogens is 1. The molecule has 0 aliphatic carbocycles. The number of hydrogen-bond acceptors (Lipinski definition) is 10. The van der Waals surface area contributed by atoms with E-state index in [0.29, 0.717) is 16.9 Å². The third-order valence-electron chi connectivity index (χ3n) is 4.01. The zero-order chi connectivity index (χ0) is 25.0. The minimum atomic E-state index is -5.97. The summed E-state index contributed by atoms with van der Waals surface area (Å²) >= 11 is 0.628. The van der Waals surface area contributed by atoms with E-state index in [2.05, 4.69) is 4.98 Å². The van der Waals surface area contributed by atoms with Crippen LogP contribution in [0.1, 0.15) is 0 Å². The van der Waals surface area contributed by atoms with Crippen molar-refractivity contribution in [3.63, 3.8) is 0 Å². The van der Waals surface area contributed by atoms with E-state index in [0.717, 1.165) is 0 Å². The predicted molar refractivity (Wildman–Crippen MR) is 112 cm³/mol. The standard InChI is InChI=1S/C15H11NO12S5/c17-30(18,19)11-6-9(15-16-10(7-29-15)8-4-2-1-3-5-8)12(31(20,21)22)14(33(26,27)28)13(11)32(23,24)25/h1-7H,(H,17,18,19)(H,20,21,22)(H,23,24,25)(H,26,27,28). The van der Waals surface area contributed by atoms with Gasteiger partial charge >= 0.3 is 0 Å². The summed E-state index contributed by atoms with van der Waals surface area (Å²) in [6.07, 6.45) is 0. The predicted octanol–water partition coefficient (Wildman–Crippen LogP) is 1.46. The molecule has 3 aromatic rings. The highest BCUT2D eigenvalue weighted by molar-refractivity contribution is 7.91. The molecule has 0 aliphatic heterocycles. The van der Waals surface area contributed by atoms with E-state index in [-0.39, 0.29) is 11.8 Å². The summed E-state index contributed by atoms with van der Waals surface area (Å²) < 4.78 is 133. The van der Waals surface area contributed by atoms with Crippen LogP contribution in [0, 0.1) is 0 Å². The molecule has 13 nitrogen and oxygen atoms in total. The Balaban J connectivity index is 2.60. The Morgan fingerprint density at radius 3 is 1.64 bits per heavy atom. The molecular formula is C15H11NO12S5. The maximum absolute atomic E-state index is 12.1. The number of thiazole rings is 1. The van der Waals surface area contributed by atoms with Crippen molar-refractivity contribution in [2.75, 3.05) is 0 Å². The number of hydrogen-bond donors (Lipinski definition) is 4. The third kappa shape index (κ3) is 5.13. The SMILES string of the molecule is O=S(=O)(O)c1cc(-c2nc(-c3ccccc3)cs2)c(S(=O)(=O)O)c(S(=O)(=O)O)c1S(=O)(=O)O. The van der Waals surface area contributed by atoms with Crippen LogP contribution in [0.5, 0.6) is 0 Å². The average molecular weight is 558 g/mol. The van der Waals surface area contributed by atoms with Crippen LogP contribution in [0.3, 0.4) is 0 Å². The lowest BCUT2D eigenvalue weighted by Gasteiger charge is -2.15. The topological polar surface area (TPSA) is 230 Å². The highest BCUT2D eigenvalue weighted by Gasteiger charge is 2.41. The largest absolute Gasteiger partial charge is 0.297 e. The first-order chi connectivity index (χ1) is 14.9. The Hall–Kier alpha value is -2.29. The van der Waals surface area contributed by atoms with Gasteiger partial charge in [-0.2, -0.15) is 33.7 Å². The number of nitrogens with zero attached hydrogens (tertiary/aromatic N) is 1. The van der Waals surface area contributed by atoms with E-state index in [1.54, 1.807) is 30.3 Å². The molecule has 0 unspecified atom stereocenters. The smallest absolute Gasteiger partial charge is 0.282 e. The second kappa shape index (κ2) is 8.18. The first kappa shape index (κ1) is 25.3. The fraction of sp³-hybridized carbons (Fsp3) is 0. The van der Waals surface area contributed by atoms with Gasteiger partial charge < -0.3 is 0 Å². The molecule has 0 atom stereocenters. The number of benzene rings is 2. The summed E-state index contributed by atoms with van der Waals surface area (Å²) in [5.74, 6) is 0. The van der Waals surface area contributed by atoms with Crippen LogP contribution in [0.2, 0.25) is 0 Å². The third-order valence-corrected chi connectivity index (χ3v) is 8.96. The van der Waals surface area contributed by atoms with Gasteiger partial charge in [-0.25, -0.2) is 4.98 Å². The van der Waals surface area contributed by atoms with Crippen LogP contribution in [-0.4, -0.2) is 56.9 Å². The molecule has 0 saturated carbocycles. The van der Waals surface area contributed by atoms with E-state index >= 15 is 0 Å².